The summed E-state index contributed by atoms with van der Waals surface area (Å²) in [6, 6.07) is 16.8. The van der Waals surface area contributed by atoms with Gasteiger partial charge in [0.2, 0.25) is 5.89 Å². The van der Waals surface area contributed by atoms with Gasteiger partial charge in [0, 0.05) is 62.3 Å². The minimum atomic E-state index is 0.235. The van der Waals surface area contributed by atoms with Crippen LogP contribution in [0.2, 0.25) is 0 Å². The number of anilines is 2. The number of fused-ring (bicyclic) bond motifs is 1. The van der Waals surface area contributed by atoms with E-state index in [0.717, 1.165) is 87.2 Å². The Morgan fingerprint density at radius 1 is 0.947 bits per heavy atom. The number of ether oxygens (including phenoxy) is 1. The molecule has 6 rings (SSSR count). The lowest BCUT2D eigenvalue weighted by Crippen LogP contribution is -2.46. The third-order valence-corrected chi connectivity index (χ3v) is 7.83. The zero-order valence-corrected chi connectivity index (χ0v) is 22.3. The molecule has 0 aliphatic carbocycles. The molecule has 0 spiro atoms. The van der Waals surface area contributed by atoms with Crippen molar-refractivity contribution in [2.24, 2.45) is 0 Å². The highest BCUT2D eigenvalue weighted by molar-refractivity contribution is 5.77. The first kappa shape index (κ1) is 24.8. The van der Waals surface area contributed by atoms with Crippen molar-refractivity contribution in [2.45, 2.75) is 45.9 Å². The topological polar surface area (TPSA) is 70.8 Å². The van der Waals surface area contributed by atoms with E-state index >= 15 is 0 Å². The Bertz CT molecular complexity index is 1370. The summed E-state index contributed by atoms with van der Waals surface area (Å²) in [7, 11) is 0. The Balaban J connectivity index is 1.06. The molecular weight excluding hydrogens is 476 g/mol. The number of aromatic nitrogens is 3. The predicted molar refractivity (Wildman–Crippen MR) is 149 cm³/mol. The third kappa shape index (κ3) is 5.51. The fourth-order valence-corrected chi connectivity index (χ4v) is 5.48. The Labute approximate surface area is 224 Å². The Morgan fingerprint density at radius 3 is 2.63 bits per heavy atom. The number of hydrogen-bond acceptors (Lipinski definition) is 8. The second kappa shape index (κ2) is 11.1. The van der Waals surface area contributed by atoms with Crippen LogP contribution in [0.4, 0.5) is 11.5 Å². The highest BCUT2D eigenvalue weighted by Crippen LogP contribution is 2.27. The molecule has 4 aromatic rings. The van der Waals surface area contributed by atoms with Gasteiger partial charge >= 0.3 is 0 Å². The van der Waals surface area contributed by atoms with Crippen LogP contribution in [0, 0.1) is 13.8 Å². The molecule has 38 heavy (non-hydrogen) atoms. The normalized spacial score (nSPS) is 18.8. The molecule has 8 nitrogen and oxygen atoms in total. The summed E-state index contributed by atoms with van der Waals surface area (Å²) in [4.78, 5) is 20.8. The maximum Gasteiger partial charge on any atom is 0.209 e. The fraction of sp³-hybridized carbons (Fsp3) is 0.433. The number of piperazine rings is 1. The van der Waals surface area contributed by atoms with Gasteiger partial charge in [-0.15, -0.1) is 0 Å². The number of aryl methyl sites for hydroxylation is 1. The fourth-order valence-electron chi connectivity index (χ4n) is 5.48. The van der Waals surface area contributed by atoms with E-state index in [0.29, 0.717) is 6.61 Å². The molecule has 1 atom stereocenters. The third-order valence-electron chi connectivity index (χ3n) is 7.83. The van der Waals surface area contributed by atoms with E-state index < -0.39 is 0 Å². The molecule has 2 saturated heterocycles. The SMILES string of the molecule is Cc1ncnc(N2CCN(Cc3nc4ccc(N5CCC[C@@H](OCc6ccccc6)C5)cc4o3)CC2)c1C. The molecule has 0 bridgehead atoms. The number of piperidine rings is 1. The van der Waals surface area contributed by atoms with Crippen LogP contribution < -0.4 is 9.80 Å². The number of rotatable bonds is 7. The number of benzene rings is 2. The summed E-state index contributed by atoms with van der Waals surface area (Å²) in [5.41, 5.74) is 6.39. The highest BCUT2D eigenvalue weighted by Gasteiger charge is 2.23. The van der Waals surface area contributed by atoms with Gasteiger partial charge in [-0.2, -0.15) is 0 Å². The van der Waals surface area contributed by atoms with Crippen molar-refractivity contribution in [3.63, 3.8) is 0 Å². The van der Waals surface area contributed by atoms with Crippen LogP contribution in [0.1, 0.15) is 35.6 Å². The summed E-state index contributed by atoms with van der Waals surface area (Å²) < 4.78 is 12.5. The van der Waals surface area contributed by atoms with Crippen LogP contribution in [-0.2, 0) is 17.9 Å². The van der Waals surface area contributed by atoms with Gasteiger partial charge in [-0.05, 0) is 44.4 Å². The first-order valence-electron chi connectivity index (χ1n) is 13.7. The average Bonchev–Trinajstić information content (AvgIpc) is 3.36. The molecule has 4 heterocycles. The molecule has 2 aromatic heterocycles. The molecule has 0 amide bonds. The molecule has 2 aliphatic heterocycles. The van der Waals surface area contributed by atoms with Crippen LogP contribution in [0.15, 0.2) is 59.3 Å². The average molecular weight is 513 g/mol. The van der Waals surface area contributed by atoms with Crippen molar-refractivity contribution < 1.29 is 9.15 Å². The monoisotopic (exact) mass is 512 g/mol. The van der Waals surface area contributed by atoms with Gasteiger partial charge in [0.25, 0.3) is 0 Å². The van der Waals surface area contributed by atoms with E-state index in [1.165, 1.54) is 16.8 Å². The minimum absolute atomic E-state index is 0.235. The summed E-state index contributed by atoms with van der Waals surface area (Å²) >= 11 is 0. The Morgan fingerprint density at radius 2 is 1.79 bits per heavy atom. The van der Waals surface area contributed by atoms with E-state index in [1.54, 1.807) is 6.33 Å². The maximum atomic E-state index is 6.25. The van der Waals surface area contributed by atoms with Crippen molar-refractivity contribution >= 4 is 22.6 Å². The van der Waals surface area contributed by atoms with Gasteiger partial charge in [0.05, 0.1) is 19.3 Å². The van der Waals surface area contributed by atoms with Gasteiger partial charge in [-0.25, -0.2) is 15.0 Å². The van der Waals surface area contributed by atoms with E-state index in [2.05, 4.69) is 74.1 Å². The number of oxazole rings is 1. The van der Waals surface area contributed by atoms with Gasteiger partial charge in [-0.1, -0.05) is 30.3 Å². The lowest BCUT2D eigenvalue weighted by atomic mass is 10.1. The molecule has 0 saturated carbocycles. The van der Waals surface area contributed by atoms with Crippen LogP contribution in [0.5, 0.6) is 0 Å². The van der Waals surface area contributed by atoms with Gasteiger partial charge < -0.3 is 19.0 Å². The van der Waals surface area contributed by atoms with Crippen LogP contribution in [0.25, 0.3) is 11.1 Å². The second-order valence-electron chi connectivity index (χ2n) is 10.4. The van der Waals surface area contributed by atoms with Crippen molar-refractivity contribution in [1.82, 2.24) is 19.9 Å². The first-order chi connectivity index (χ1) is 18.6. The molecule has 0 unspecified atom stereocenters. The van der Waals surface area contributed by atoms with Crippen molar-refractivity contribution in [3.05, 3.63) is 77.6 Å². The van der Waals surface area contributed by atoms with Gasteiger partial charge in [0.15, 0.2) is 5.58 Å². The summed E-state index contributed by atoms with van der Waals surface area (Å²) in [5.74, 6) is 1.83. The molecule has 0 N–H and O–H groups in total. The van der Waals surface area contributed by atoms with Gasteiger partial charge in [-0.3, -0.25) is 4.90 Å². The molecule has 198 valence electrons. The van der Waals surface area contributed by atoms with E-state index in [-0.39, 0.29) is 6.10 Å². The Hall–Kier alpha value is -3.49. The molecule has 8 heteroatoms. The van der Waals surface area contributed by atoms with Crippen LogP contribution in [0.3, 0.4) is 0 Å². The summed E-state index contributed by atoms with van der Waals surface area (Å²) in [5, 5.41) is 0. The quantitative estimate of drug-likeness (QED) is 0.352. The Kier molecular flexibility index (Phi) is 7.25. The maximum absolute atomic E-state index is 6.25. The van der Waals surface area contributed by atoms with Crippen LogP contribution in [-0.4, -0.2) is 65.2 Å². The van der Waals surface area contributed by atoms with E-state index in [1.807, 2.05) is 13.0 Å². The first-order valence-corrected chi connectivity index (χ1v) is 13.7. The van der Waals surface area contributed by atoms with Crippen molar-refractivity contribution in [1.29, 1.82) is 0 Å². The van der Waals surface area contributed by atoms with Crippen molar-refractivity contribution in [2.75, 3.05) is 49.1 Å². The molecule has 2 aliphatic rings. The standard InChI is InChI=1S/C30H36N6O2/c1-22-23(2)31-21-32-30(22)35-15-13-34(14-16-35)19-29-33-27-11-10-25(17-28(27)38-29)36-12-6-9-26(18-36)37-20-24-7-4-3-5-8-24/h3-5,7-8,10-11,17,21,26H,6,9,12-16,18-20H2,1-2H3/t26-/m1/s1. The summed E-state index contributed by atoms with van der Waals surface area (Å²) in [6.45, 7) is 11.2. The van der Waals surface area contributed by atoms with E-state index in [9.17, 15) is 0 Å². The second-order valence-corrected chi connectivity index (χ2v) is 10.4. The zero-order chi connectivity index (χ0) is 25.9. The smallest absolute Gasteiger partial charge is 0.209 e. The molecule has 2 fully saturated rings. The largest absolute Gasteiger partial charge is 0.439 e. The predicted octanol–water partition coefficient (Wildman–Crippen LogP) is 4.74. The molecular formula is C30H36N6O2. The zero-order valence-electron chi connectivity index (χ0n) is 22.3. The minimum Gasteiger partial charge on any atom is -0.439 e. The van der Waals surface area contributed by atoms with Crippen molar-refractivity contribution in [3.8, 4) is 0 Å². The lowest BCUT2D eigenvalue weighted by Gasteiger charge is -2.35. The number of hydrogen-bond donors (Lipinski definition) is 0. The summed E-state index contributed by atoms with van der Waals surface area (Å²) in [6.07, 6.45) is 4.12. The van der Waals surface area contributed by atoms with Crippen LogP contribution >= 0.6 is 0 Å². The highest BCUT2D eigenvalue weighted by atomic mass is 16.5. The van der Waals surface area contributed by atoms with Gasteiger partial charge in [0.1, 0.15) is 17.7 Å². The number of nitrogens with zero attached hydrogens (tertiary/aromatic N) is 6. The molecule has 0 radical (unpaired) electrons. The molecule has 2 aromatic carbocycles. The van der Waals surface area contributed by atoms with E-state index in [4.69, 9.17) is 14.1 Å². The lowest BCUT2D eigenvalue weighted by molar-refractivity contribution is 0.0316.